The molecule has 0 aliphatic carbocycles. The molecule has 1 amide bonds. The molecule has 26 heavy (non-hydrogen) atoms. The standard InChI is InChI=1S/C19H28N4O3/c1-26-17(24)12-15-11-14-8-7-13(10-16(14)23-18(15)25)6-4-2-3-5-9-22-19(20)21/h7-8,10,15H,2-6,9,11-12H2,1H3,(H,23,25)(H4,20,21,22). The molecule has 1 aromatic rings. The number of amides is 1. The smallest absolute Gasteiger partial charge is 0.306 e. The zero-order valence-electron chi connectivity index (χ0n) is 15.3. The first-order valence-electron chi connectivity index (χ1n) is 9.07. The number of aryl methyl sites for hydroxylation is 1. The van der Waals surface area contributed by atoms with Gasteiger partial charge in [0.2, 0.25) is 5.91 Å². The summed E-state index contributed by atoms with van der Waals surface area (Å²) in [6.45, 7) is 0.743. The summed E-state index contributed by atoms with van der Waals surface area (Å²) in [5.41, 5.74) is 8.37. The molecule has 0 aromatic heterocycles. The Bertz CT molecular complexity index is 660. The highest BCUT2D eigenvalue weighted by molar-refractivity contribution is 5.97. The molecule has 0 saturated heterocycles. The Labute approximate surface area is 154 Å². The molecule has 142 valence electrons. The lowest BCUT2D eigenvalue weighted by molar-refractivity contribution is -0.143. The molecule has 0 saturated carbocycles. The summed E-state index contributed by atoms with van der Waals surface area (Å²) in [7, 11) is 1.34. The van der Waals surface area contributed by atoms with Crippen LogP contribution in [0.3, 0.4) is 0 Å². The normalized spacial score (nSPS) is 15.7. The molecule has 1 unspecified atom stereocenters. The van der Waals surface area contributed by atoms with Crippen LogP contribution in [0, 0.1) is 11.3 Å². The van der Waals surface area contributed by atoms with Crippen LogP contribution in [0.5, 0.6) is 0 Å². The van der Waals surface area contributed by atoms with Crippen molar-refractivity contribution in [3.8, 4) is 0 Å². The van der Waals surface area contributed by atoms with Gasteiger partial charge < -0.3 is 21.1 Å². The Morgan fingerprint density at radius 2 is 2.12 bits per heavy atom. The van der Waals surface area contributed by atoms with Crippen molar-refractivity contribution < 1.29 is 14.3 Å². The summed E-state index contributed by atoms with van der Waals surface area (Å²) in [5, 5.41) is 12.8. The number of benzene rings is 1. The number of guanidine groups is 1. The molecule has 1 heterocycles. The molecule has 0 fully saturated rings. The summed E-state index contributed by atoms with van der Waals surface area (Å²) in [6, 6.07) is 6.19. The number of carbonyl (C=O) groups excluding carboxylic acids is 2. The van der Waals surface area contributed by atoms with Crippen LogP contribution >= 0.6 is 0 Å². The predicted molar refractivity (Wildman–Crippen MR) is 101 cm³/mol. The largest absolute Gasteiger partial charge is 0.469 e. The first-order valence-corrected chi connectivity index (χ1v) is 9.07. The molecule has 1 aliphatic heterocycles. The van der Waals surface area contributed by atoms with Gasteiger partial charge in [0, 0.05) is 12.2 Å². The number of anilines is 1. The second kappa shape index (κ2) is 9.79. The van der Waals surface area contributed by atoms with Crippen molar-refractivity contribution in [1.29, 1.82) is 5.41 Å². The average molecular weight is 360 g/mol. The zero-order valence-corrected chi connectivity index (χ0v) is 15.3. The maximum Gasteiger partial charge on any atom is 0.306 e. The number of fused-ring (bicyclic) bond motifs is 1. The number of unbranched alkanes of at least 4 members (excludes halogenated alkanes) is 3. The van der Waals surface area contributed by atoms with Crippen molar-refractivity contribution in [3.05, 3.63) is 29.3 Å². The van der Waals surface area contributed by atoms with E-state index < -0.39 is 0 Å². The second-order valence-electron chi connectivity index (χ2n) is 6.67. The van der Waals surface area contributed by atoms with Crippen LogP contribution in [0.4, 0.5) is 5.69 Å². The van der Waals surface area contributed by atoms with Gasteiger partial charge in [-0.25, -0.2) is 0 Å². The summed E-state index contributed by atoms with van der Waals surface area (Å²) >= 11 is 0. The van der Waals surface area contributed by atoms with Gasteiger partial charge in [0.05, 0.1) is 19.4 Å². The summed E-state index contributed by atoms with van der Waals surface area (Å²) in [5.74, 6) is -0.805. The number of nitrogens with two attached hydrogens (primary N) is 1. The SMILES string of the molecule is COC(=O)CC1Cc2ccc(CCCCCCNC(=N)N)cc2NC1=O. The van der Waals surface area contributed by atoms with E-state index in [1.54, 1.807) is 0 Å². The minimum absolute atomic E-state index is 0.0231. The van der Waals surface area contributed by atoms with Crippen LogP contribution in [0.15, 0.2) is 18.2 Å². The number of carbonyl (C=O) groups is 2. The van der Waals surface area contributed by atoms with Gasteiger partial charge >= 0.3 is 5.97 Å². The Morgan fingerprint density at radius 3 is 2.85 bits per heavy atom. The fraction of sp³-hybridized carbons (Fsp3) is 0.526. The lowest BCUT2D eigenvalue weighted by Crippen LogP contribution is -2.31. The van der Waals surface area contributed by atoms with Crippen molar-refractivity contribution in [3.63, 3.8) is 0 Å². The fourth-order valence-corrected chi connectivity index (χ4v) is 3.15. The Kier molecular flexibility index (Phi) is 7.44. The maximum absolute atomic E-state index is 12.2. The van der Waals surface area contributed by atoms with E-state index in [0.717, 1.165) is 49.9 Å². The van der Waals surface area contributed by atoms with Gasteiger partial charge in [0.1, 0.15) is 0 Å². The minimum atomic E-state index is -0.358. The van der Waals surface area contributed by atoms with Crippen LogP contribution in [0.25, 0.3) is 0 Å². The third kappa shape index (κ3) is 6.06. The molecule has 5 N–H and O–H groups in total. The van der Waals surface area contributed by atoms with E-state index in [4.69, 9.17) is 11.1 Å². The molecular weight excluding hydrogens is 332 g/mol. The Morgan fingerprint density at radius 1 is 1.35 bits per heavy atom. The first kappa shape index (κ1) is 19.8. The molecule has 7 nitrogen and oxygen atoms in total. The molecule has 0 spiro atoms. The second-order valence-corrected chi connectivity index (χ2v) is 6.67. The number of hydrogen-bond donors (Lipinski definition) is 4. The lowest BCUT2D eigenvalue weighted by atomic mass is 9.89. The van der Waals surface area contributed by atoms with Gasteiger partial charge in [0.15, 0.2) is 5.96 Å². The number of nitrogens with one attached hydrogen (secondary N) is 3. The van der Waals surface area contributed by atoms with E-state index in [0.29, 0.717) is 6.42 Å². The number of hydrogen-bond acceptors (Lipinski definition) is 4. The quantitative estimate of drug-likeness (QED) is 0.232. The molecule has 0 bridgehead atoms. The van der Waals surface area contributed by atoms with Crippen molar-refractivity contribution >= 4 is 23.5 Å². The van der Waals surface area contributed by atoms with Crippen molar-refractivity contribution in [2.45, 2.75) is 44.9 Å². The van der Waals surface area contributed by atoms with Gasteiger partial charge in [-0.3, -0.25) is 15.0 Å². The van der Waals surface area contributed by atoms with Gasteiger partial charge in [-0.15, -0.1) is 0 Å². The highest BCUT2D eigenvalue weighted by Gasteiger charge is 2.28. The van der Waals surface area contributed by atoms with Gasteiger partial charge in [0.25, 0.3) is 0 Å². The Balaban J connectivity index is 1.78. The van der Waals surface area contributed by atoms with Crippen LogP contribution in [0.1, 0.15) is 43.2 Å². The number of esters is 1. The lowest BCUT2D eigenvalue weighted by Gasteiger charge is -2.24. The van der Waals surface area contributed by atoms with E-state index in [-0.39, 0.29) is 30.2 Å². The molecule has 0 radical (unpaired) electrons. The first-order chi connectivity index (χ1) is 12.5. The van der Waals surface area contributed by atoms with Crippen LogP contribution in [0.2, 0.25) is 0 Å². The number of rotatable bonds is 9. The predicted octanol–water partition coefficient (Wildman–Crippen LogP) is 1.95. The minimum Gasteiger partial charge on any atom is -0.469 e. The van der Waals surface area contributed by atoms with Crippen molar-refractivity contribution in [2.75, 3.05) is 19.0 Å². The van der Waals surface area contributed by atoms with Gasteiger partial charge in [-0.05, 0) is 42.9 Å². The third-order valence-corrected chi connectivity index (χ3v) is 4.62. The fourth-order valence-electron chi connectivity index (χ4n) is 3.15. The topological polar surface area (TPSA) is 117 Å². The monoisotopic (exact) mass is 360 g/mol. The zero-order chi connectivity index (χ0) is 18.9. The average Bonchev–Trinajstić information content (AvgIpc) is 2.61. The summed E-state index contributed by atoms with van der Waals surface area (Å²) in [4.78, 5) is 23.6. The van der Waals surface area contributed by atoms with E-state index in [2.05, 4.69) is 21.4 Å². The summed E-state index contributed by atoms with van der Waals surface area (Å²) < 4.78 is 4.66. The molecule has 1 atom stereocenters. The molecule has 2 rings (SSSR count). The highest BCUT2D eigenvalue weighted by atomic mass is 16.5. The Hall–Kier alpha value is -2.57. The summed E-state index contributed by atoms with van der Waals surface area (Å²) in [6.07, 6.45) is 5.94. The molecule has 7 heteroatoms. The highest BCUT2D eigenvalue weighted by Crippen LogP contribution is 2.29. The molecule has 1 aliphatic rings. The van der Waals surface area contributed by atoms with Crippen molar-refractivity contribution in [1.82, 2.24) is 5.32 Å². The molecule has 1 aromatic carbocycles. The maximum atomic E-state index is 12.2. The van der Waals surface area contributed by atoms with E-state index in [1.165, 1.54) is 12.7 Å². The van der Waals surface area contributed by atoms with Crippen molar-refractivity contribution in [2.24, 2.45) is 11.7 Å². The van der Waals surface area contributed by atoms with E-state index in [1.807, 2.05) is 12.1 Å². The van der Waals surface area contributed by atoms with Crippen LogP contribution < -0.4 is 16.4 Å². The third-order valence-electron chi connectivity index (χ3n) is 4.62. The van der Waals surface area contributed by atoms with Crippen LogP contribution in [-0.2, 0) is 27.2 Å². The van der Waals surface area contributed by atoms with Gasteiger partial charge in [-0.1, -0.05) is 25.0 Å². The van der Waals surface area contributed by atoms with E-state index >= 15 is 0 Å². The van der Waals surface area contributed by atoms with E-state index in [9.17, 15) is 9.59 Å². The molecular formula is C19H28N4O3. The number of methoxy groups -OCH3 is 1. The van der Waals surface area contributed by atoms with Gasteiger partial charge in [-0.2, -0.15) is 0 Å². The van der Waals surface area contributed by atoms with Crippen LogP contribution in [-0.4, -0.2) is 31.5 Å². The number of ether oxygens (including phenoxy) is 1.